The summed E-state index contributed by atoms with van der Waals surface area (Å²) in [5.41, 5.74) is 4.38. The Balaban J connectivity index is 1.42. The third-order valence-electron chi connectivity index (χ3n) is 5.99. The number of anilines is 1. The number of nitrogens with one attached hydrogen (secondary N) is 1. The monoisotopic (exact) mass is 425 g/mol. The molecule has 1 fully saturated rings. The molecule has 0 saturated carbocycles. The third kappa shape index (κ3) is 6.21. The average Bonchev–Trinajstić information content (AvgIpc) is 2.76. The van der Waals surface area contributed by atoms with Gasteiger partial charge in [-0.25, -0.2) is 0 Å². The summed E-state index contributed by atoms with van der Waals surface area (Å²) in [5.74, 6) is 1.74. The lowest BCUT2D eigenvalue weighted by atomic mass is 10.0. The van der Waals surface area contributed by atoms with E-state index in [4.69, 9.17) is 9.47 Å². The van der Waals surface area contributed by atoms with Gasteiger partial charge in [-0.05, 0) is 63.1 Å². The van der Waals surface area contributed by atoms with Crippen molar-refractivity contribution in [3.05, 3.63) is 53.1 Å². The third-order valence-corrected chi connectivity index (χ3v) is 5.99. The zero-order valence-electron chi connectivity index (χ0n) is 19.4. The van der Waals surface area contributed by atoms with Crippen LogP contribution in [-0.4, -0.2) is 68.2 Å². The Kier molecular flexibility index (Phi) is 7.93. The maximum atomic E-state index is 12.9. The fraction of sp³-hybridized carbons (Fsp3) is 0.480. The second-order valence-corrected chi connectivity index (χ2v) is 8.34. The number of ether oxygens (including phenoxy) is 2. The highest BCUT2D eigenvalue weighted by Gasteiger charge is 2.26. The first kappa shape index (κ1) is 23.1. The first-order valence-corrected chi connectivity index (χ1v) is 11.0. The number of carbonyl (C=O) groups excluding carboxylic acids is 1. The van der Waals surface area contributed by atoms with Crippen molar-refractivity contribution in [3.63, 3.8) is 0 Å². The zero-order valence-corrected chi connectivity index (χ0v) is 19.4. The summed E-state index contributed by atoms with van der Waals surface area (Å²) in [6.45, 7) is 13.3. The summed E-state index contributed by atoms with van der Waals surface area (Å²) >= 11 is 0. The molecule has 0 aromatic heterocycles. The van der Waals surface area contributed by atoms with E-state index in [-0.39, 0.29) is 11.9 Å². The molecule has 1 heterocycles. The van der Waals surface area contributed by atoms with Crippen LogP contribution >= 0.6 is 0 Å². The molecule has 1 aliphatic heterocycles. The van der Waals surface area contributed by atoms with Gasteiger partial charge in [-0.15, -0.1) is 0 Å². The molecule has 2 aromatic rings. The molecule has 6 heteroatoms. The molecule has 0 unspecified atom stereocenters. The van der Waals surface area contributed by atoms with Gasteiger partial charge in [0.05, 0.1) is 13.2 Å². The van der Waals surface area contributed by atoms with E-state index in [9.17, 15) is 4.79 Å². The minimum atomic E-state index is -0.155. The van der Waals surface area contributed by atoms with Gasteiger partial charge in [0, 0.05) is 38.4 Å². The number of amides is 1. The van der Waals surface area contributed by atoms with E-state index in [0.717, 1.165) is 61.0 Å². The lowest BCUT2D eigenvalue weighted by molar-refractivity contribution is -0.121. The Morgan fingerprint density at radius 2 is 1.58 bits per heavy atom. The van der Waals surface area contributed by atoms with Crippen molar-refractivity contribution in [2.75, 3.05) is 51.8 Å². The molecular weight excluding hydrogens is 390 g/mol. The van der Waals surface area contributed by atoms with Crippen molar-refractivity contribution in [1.82, 2.24) is 9.80 Å². The molecule has 2 aromatic carbocycles. The van der Waals surface area contributed by atoms with Crippen molar-refractivity contribution in [3.8, 4) is 11.5 Å². The van der Waals surface area contributed by atoms with Crippen molar-refractivity contribution in [2.24, 2.45) is 0 Å². The number of aryl methyl sites for hydroxylation is 3. The van der Waals surface area contributed by atoms with Gasteiger partial charge >= 0.3 is 0 Å². The van der Waals surface area contributed by atoms with E-state index in [1.165, 1.54) is 5.56 Å². The number of piperazine rings is 1. The van der Waals surface area contributed by atoms with Crippen LogP contribution in [0.1, 0.15) is 23.6 Å². The highest BCUT2D eigenvalue weighted by atomic mass is 16.5. The molecular formula is C25H35N3O3. The number of methoxy groups -OCH3 is 1. The van der Waals surface area contributed by atoms with Crippen LogP contribution in [0.15, 0.2) is 36.4 Å². The molecule has 3 rings (SSSR count). The van der Waals surface area contributed by atoms with E-state index >= 15 is 0 Å². The van der Waals surface area contributed by atoms with Crippen LogP contribution in [0, 0.1) is 20.8 Å². The lowest BCUT2D eigenvalue weighted by Crippen LogP contribution is -2.53. The van der Waals surface area contributed by atoms with Crippen LogP contribution in [0.5, 0.6) is 11.5 Å². The van der Waals surface area contributed by atoms with Gasteiger partial charge in [0.25, 0.3) is 0 Å². The van der Waals surface area contributed by atoms with E-state index in [1.54, 1.807) is 7.11 Å². The number of carbonyl (C=O) groups is 1. The smallest absolute Gasteiger partial charge is 0.241 e. The normalized spacial score (nSPS) is 16.0. The SMILES string of the molecule is COc1ccc(OCCN2CCN([C@H](C)C(=O)Nc3c(C)cc(C)cc3C)CC2)cc1. The Morgan fingerprint density at radius 1 is 1.00 bits per heavy atom. The predicted octanol–water partition coefficient (Wildman–Crippen LogP) is 3.64. The summed E-state index contributed by atoms with van der Waals surface area (Å²) in [5, 5.41) is 3.15. The number of hydrogen-bond acceptors (Lipinski definition) is 5. The topological polar surface area (TPSA) is 54.0 Å². The van der Waals surface area contributed by atoms with Crippen molar-refractivity contribution in [1.29, 1.82) is 0 Å². The largest absolute Gasteiger partial charge is 0.497 e. The molecule has 1 saturated heterocycles. The Labute approximate surface area is 186 Å². The Morgan fingerprint density at radius 3 is 2.16 bits per heavy atom. The van der Waals surface area contributed by atoms with Gasteiger partial charge < -0.3 is 14.8 Å². The lowest BCUT2D eigenvalue weighted by Gasteiger charge is -2.37. The Bertz CT molecular complexity index is 851. The fourth-order valence-electron chi connectivity index (χ4n) is 4.11. The molecule has 0 spiro atoms. The molecule has 1 amide bonds. The van der Waals surface area contributed by atoms with Crippen molar-refractivity contribution >= 4 is 11.6 Å². The van der Waals surface area contributed by atoms with Crippen LogP contribution in [0.2, 0.25) is 0 Å². The fourth-order valence-corrected chi connectivity index (χ4v) is 4.11. The Hall–Kier alpha value is -2.57. The molecule has 1 N–H and O–H groups in total. The zero-order chi connectivity index (χ0) is 22.4. The van der Waals surface area contributed by atoms with Crippen LogP contribution in [-0.2, 0) is 4.79 Å². The molecule has 1 aliphatic rings. The second-order valence-electron chi connectivity index (χ2n) is 8.34. The molecule has 168 valence electrons. The highest BCUT2D eigenvalue weighted by molar-refractivity contribution is 5.96. The average molecular weight is 426 g/mol. The van der Waals surface area contributed by atoms with Gasteiger partial charge in [0.2, 0.25) is 5.91 Å². The summed E-state index contributed by atoms with van der Waals surface area (Å²) in [6, 6.07) is 11.7. The van der Waals surface area contributed by atoms with Crippen molar-refractivity contribution < 1.29 is 14.3 Å². The quantitative estimate of drug-likeness (QED) is 0.700. The molecule has 0 aliphatic carbocycles. The number of rotatable bonds is 8. The first-order chi connectivity index (χ1) is 14.9. The van der Waals surface area contributed by atoms with Crippen LogP contribution in [0.3, 0.4) is 0 Å². The molecule has 0 bridgehead atoms. The number of nitrogens with zero attached hydrogens (tertiary/aromatic N) is 2. The van der Waals surface area contributed by atoms with Gasteiger partial charge in [-0.1, -0.05) is 17.7 Å². The molecule has 6 nitrogen and oxygen atoms in total. The van der Waals surface area contributed by atoms with Crippen LogP contribution in [0.25, 0.3) is 0 Å². The van der Waals surface area contributed by atoms with Crippen LogP contribution in [0.4, 0.5) is 5.69 Å². The summed E-state index contributed by atoms with van der Waals surface area (Å²) in [7, 11) is 1.66. The molecule has 0 radical (unpaired) electrons. The summed E-state index contributed by atoms with van der Waals surface area (Å²) < 4.78 is 11.0. The predicted molar refractivity (Wildman–Crippen MR) is 125 cm³/mol. The molecule has 1 atom stereocenters. The maximum absolute atomic E-state index is 12.9. The van der Waals surface area contributed by atoms with Gasteiger partial charge in [0.1, 0.15) is 18.1 Å². The van der Waals surface area contributed by atoms with Crippen molar-refractivity contribution in [2.45, 2.75) is 33.7 Å². The van der Waals surface area contributed by atoms with Gasteiger partial charge in [0.15, 0.2) is 0 Å². The molecule has 31 heavy (non-hydrogen) atoms. The summed E-state index contributed by atoms with van der Waals surface area (Å²) in [4.78, 5) is 17.5. The minimum Gasteiger partial charge on any atom is -0.497 e. The first-order valence-electron chi connectivity index (χ1n) is 11.0. The van der Waals surface area contributed by atoms with E-state index < -0.39 is 0 Å². The van der Waals surface area contributed by atoms with Crippen LogP contribution < -0.4 is 14.8 Å². The van der Waals surface area contributed by atoms with E-state index in [1.807, 2.05) is 45.0 Å². The maximum Gasteiger partial charge on any atom is 0.241 e. The standard InChI is InChI=1S/C25H35N3O3/c1-18-16-19(2)24(20(3)17-18)26-25(29)21(4)28-12-10-27(11-13-28)14-15-31-23-8-6-22(30-5)7-9-23/h6-9,16-17,21H,10-15H2,1-5H3,(H,26,29)/t21-/m1/s1. The highest BCUT2D eigenvalue weighted by Crippen LogP contribution is 2.22. The second kappa shape index (κ2) is 10.6. The minimum absolute atomic E-state index is 0.0614. The summed E-state index contributed by atoms with van der Waals surface area (Å²) in [6.07, 6.45) is 0. The number of benzene rings is 2. The number of hydrogen-bond donors (Lipinski definition) is 1. The van der Waals surface area contributed by atoms with Gasteiger partial charge in [-0.3, -0.25) is 14.6 Å². The van der Waals surface area contributed by atoms with E-state index in [0.29, 0.717) is 6.61 Å². The van der Waals surface area contributed by atoms with E-state index in [2.05, 4.69) is 34.2 Å². The van der Waals surface area contributed by atoms with Gasteiger partial charge in [-0.2, -0.15) is 0 Å².